The predicted octanol–water partition coefficient (Wildman–Crippen LogP) is 3.32. The molecule has 0 aliphatic carbocycles. The molecule has 1 atom stereocenters. The van der Waals surface area contributed by atoms with Crippen LogP contribution in [0, 0.1) is 0 Å². The summed E-state index contributed by atoms with van der Waals surface area (Å²) in [5.41, 5.74) is 1.13. The summed E-state index contributed by atoms with van der Waals surface area (Å²) in [4.78, 5) is 4.66. The summed E-state index contributed by atoms with van der Waals surface area (Å²) >= 11 is 5.98. The molecule has 126 valence electrons. The third-order valence-corrected chi connectivity index (χ3v) is 3.46. The zero-order chi connectivity index (χ0) is 15.8. The second kappa shape index (κ2) is 10.5. The summed E-state index contributed by atoms with van der Waals surface area (Å²) in [6, 6.07) is 9.79. The number of benzene rings is 1. The van der Waals surface area contributed by atoms with E-state index in [0.717, 1.165) is 29.6 Å². The fraction of sp³-hybridized carbons (Fsp3) is 0.375. The molecule has 1 unspecified atom stereocenters. The molecule has 5 nitrogen and oxygen atoms in total. The maximum absolute atomic E-state index is 5.98. The molecular formula is C16H23ClIN5. The maximum Gasteiger partial charge on any atom is 0.191 e. The first kappa shape index (κ1) is 19.8. The van der Waals surface area contributed by atoms with Gasteiger partial charge in [0.1, 0.15) is 0 Å². The lowest BCUT2D eigenvalue weighted by Crippen LogP contribution is -2.37. The minimum Gasteiger partial charge on any atom is -0.357 e. The molecule has 0 saturated heterocycles. The number of nitrogens with one attached hydrogen (secondary N) is 2. The van der Waals surface area contributed by atoms with E-state index in [2.05, 4.69) is 34.6 Å². The lowest BCUT2D eigenvalue weighted by atomic mass is 10.1. The van der Waals surface area contributed by atoms with Crippen LogP contribution in [0.5, 0.6) is 0 Å². The number of guanidine groups is 1. The molecule has 0 bridgehead atoms. The van der Waals surface area contributed by atoms with Crippen LogP contribution in [-0.2, 0) is 0 Å². The van der Waals surface area contributed by atoms with Crippen LogP contribution in [0.25, 0.3) is 0 Å². The Hall–Kier alpha value is -1.28. The summed E-state index contributed by atoms with van der Waals surface area (Å²) in [5, 5.41) is 11.6. The first-order valence-corrected chi connectivity index (χ1v) is 7.89. The molecule has 1 heterocycles. The quantitative estimate of drug-likeness (QED) is 0.406. The van der Waals surface area contributed by atoms with Gasteiger partial charge in [0, 0.05) is 30.5 Å². The standard InChI is InChI=1S/C16H22ClN5.HI/c1-3-18-16(19-4-2)20-12-15(22-11-5-10-21-22)13-6-8-14(17)9-7-13;/h5-11,15H,3-4,12H2,1-2H3,(H2,18,19,20);1H. The van der Waals surface area contributed by atoms with Gasteiger partial charge in [-0.3, -0.25) is 9.67 Å². The minimum absolute atomic E-state index is 0. The van der Waals surface area contributed by atoms with Crippen molar-refractivity contribution in [3.8, 4) is 0 Å². The zero-order valence-corrected chi connectivity index (χ0v) is 16.5. The Kier molecular flexibility index (Phi) is 9.01. The molecule has 0 aliphatic heterocycles. The summed E-state index contributed by atoms with van der Waals surface area (Å²) in [6.07, 6.45) is 3.73. The highest BCUT2D eigenvalue weighted by Crippen LogP contribution is 2.20. The Bertz CT molecular complexity index is 575. The Labute approximate surface area is 159 Å². The average Bonchev–Trinajstić information content (AvgIpc) is 3.04. The Balaban J connectivity index is 0.00000264. The largest absolute Gasteiger partial charge is 0.357 e. The van der Waals surface area contributed by atoms with Gasteiger partial charge in [0.25, 0.3) is 0 Å². The number of hydrogen-bond donors (Lipinski definition) is 2. The molecule has 0 spiro atoms. The molecule has 1 aromatic heterocycles. The van der Waals surface area contributed by atoms with E-state index in [0.29, 0.717) is 6.54 Å². The molecule has 0 amide bonds. The molecule has 0 aliphatic rings. The van der Waals surface area contributed by atoms with Crippen LogP contribution in [0.3, 0.4) is 0 Å². The number of halogens is 2. The van der Waals surface area contributed by atoms with Gasteiger partial charge in [-0.1, -0.05) is 23.7 Å². The molecule has 23 heavy (non-hydrogen) atoms. The van der Waals surface area contributed by atoms with Crippen LogP contribution in [-0.4, -0.2) is 35.4 Å². The molecule has 0 fully saturated rings. The third-order valence-electron chi connectivity index (χ3n) is 3.21. The van der Waals surface area contributed by atoms with Crippen molar-refractivity contribution in [2.24, 2.45) is 4.99 Å². The fourth-order valence-corrected chi connectivity index (χ4v) is 2.30. The van der Waals surface area contributed by atoms with Gasteiger partial charge in [0.05, 0.1) is 12.6 Å². The first-order chi connectivity index (χ1) is 10.7. The molecular weight excluding hydrogens is 425 g/mol. The van der Waals surface area contributed by atoms with Crippen molar-refractivity contribution in [3.05, 3.63) is 53.3 Å². The fourth-order valence-electron chi connectivity index (χ4n) is 2.18. The lowest BCUT2D eigenvalue weighted by Gasteiger charge is -2.17. The second-order valence-corrected chi connectivity index (χ2v) is 5.24. The van der Waals surface area contributed by atoms with Gasteiger partial charge in [-0.05, 0) is 37.6 Å². The van der Waals surface area contributed by atoms with E-state index >= 15 is 0 Å². The number of rotatable bonds is 6. The number of aromatic nitrogens is 2. The number of nitrogens with zero attached hydrogens (tertiary/aromatic N) is 3. The second-order valence-electron chi connectivity index (χ2n) is 4.80. The van der Waals surface area contributed by atoms with Crippen molar-refractivity contribution < 1.29 is 0 Å². The van der Waals surface area contributed by atoms with Crippen molar-refractivity contribution in [2.75, 3.05) is 19.6 Å². The monoisotopic (exact) mass is 447 g/mol. The Morgan fingerprint density at radius 3 is 2.39 bits per heavy atom. The van der Waals surface area contributed by atoms with Crippen molar-refractivity contribution in [3.63, 3.8) is 0 Å². The van der Waals surface area contributed by atoms with Crippen LogP contribution in [0.1, 0.15) is 25.5 Å². The van der Waals surface area contributed by atoms with Gasteiger partial charge in [0.2, 0.25) is 0 Å². The van der Waals surface area contributed by atoms with Gasteiger partial charge in [0.15, 0.2) is 5.96 Å². The Morgan fingerprint density at radius 2 is 1.87 bits per heavy atom. The van der Waals surface area contributed by atoms with Crippen molar-refractivity contribution >= 4 is 41.5 Å². The SMILES string of the molecule is CCNC(=NCC(c1ccc(Cl)cc1)n1cccn1)NCC.I. The summed E-state index contributed by atoms with van der Waals surface area (Å²) < 4.78 is 1.92. The van der Waals surface area contributed by atoms with Crippen molar-refractivity contribution in [2.45, 2.75) is 19.9 Å². The maximum atomic E-state index is 5.98. The lowest BCUT2D eigenvalue weighted by molar-refractivity contribution is 0.531. The van der Waals surface area contributed by atoms with Crippen LogP contribution in [0.15, 0.2) is 47.7 Å². The van der Waals surface area contributed by atoms with Gasteiger partial charge in [-0.15, -0.1) is 24.0 Å². The van der Waals surface area contributed by atoms with E-state index in [-0.39, 0.29) is 30.0 Å². The van der Waals surface area contributed by atoms with E-state index in [1.807, 2.05) is 41.2 Å². The van der Waals surface area contributed by atoms with Crippen molar-refractivity contribution in [1.29, 1.82) is 0 Å². The normalized spacial score (nSPS) is 11.3. The number of aliphatic imine (C=N–C) groups is 1. The zero-order valence-electron chi connectivity index (χ0n) is 13.4. The van der Waals surface area contributed by atoms with Gasteiger partial charge < -0.3 is 10.6 Å². The summed E-state index contributed by atoms with van der Waals surface area (Å²) in [7, 11) is 0. The van der Waals surface area contributed by atoms with Crippen LogP contribution in [0.2, 0.25) is 5.02 Å². The van der Waals surface area contributed by atoms with E-state index in [1.54, 1.807) is 6.20 Å². The summed E-state index contributed by atoms with van der Waals surface area (Å²) in [5.74, 6) is 0.816. The van der Waals surface area contributed by atoms with E-state index in [1.165, 1.54) is 0 Å². The molecule has 2 aromatic rings. The molecule has 1 aromatic carbocycles. The predicted molar refractivity (Wildman–Crippen MR) is 107 cm³/mol. The molecule has 2 rings (SSSR count). The highest BCUT2D eigenvalue weighted by atomic mass is 127. The highest BCUT2D eigenvalue weighted by molar-refractivity contribution is 14.0. The van der Waals surface area contributed by atoms with E-state index in [9.17, 15) is 0 Å². The molecule has 0 saturated carbocycles. The third kappa shape index (κ3) is 6.02. The molecule has 2 N–H and O–H groups in total. The topological polar surface area (TPSA) is 54.2 Å². The highest BCUT2D eigenvalue weighted by Gasteiger charge is 2.14. The smallest absolute Gasteiger partial charge is 0.191 e. The van der Waals surface area contributed by atoms with E-state index in [4.69, 9.17) is 11.6 Å². The molecule has 7 heteroatoms. The van der Waals surface area contributed by atoms with Crippen LogP contribution >= 0.6 is 35.6 Å². The first-order valence-electron chi connectivity index (χ1n) is 7.51. The van der Waals surface area contributed by atoms with Crippen LogP contribution in [0.4, 0.5) is 0 Å². The Morgan fingerprint density at radius 1 is 1.22 bits per heavy atom. The molecule has 0 radical (unpaired) electrons. The van der Waals surface area contributed by atoms with Crippen LogP contribution < -0.4 is 10.6 Å². The van der Waals surface area contributed by atoms with Gasteiger partial charge in [-0.2, -0.15) is 5.10 Å². The summed E-state index contributed by atoms with van der Waals surface area (Å²) in [6.45, 7) is 6.37. The van der Waals surface area contributed by atoms with Crippen molar-refractivity contribution in [1.82, 2.24) is 20.4 Å². The minimum atomic E-state index is 0. The van der Waals surface area contributed by atoms with Gasteiger partial charge >= 0.3 is 0 Å². The van der Waals surface area contributed by atoms with Gasteiger partial charge in [-0.25, -0.2) is 0 Å². The average molecular weight is 448 g/mol. The van der Waals surface area contributed by atoms with E-state index < -0.39 is 0 Å². The number of hydrogen-bond acceptors (Lipinski definition) is 2.